The van der Waals surface area contributed by atoms with Crippen molar-refractivity contribution in [3.05, 3.63) is 51.8 Å². The Bertz CT molecular complexity index is 848. The van der Waals surface area contributed by atoms with Gasteiger partial charge in [0.2, 0.25) is 0 Å². The van der Waals surface area contributed by atoms with Gasteiger partial charge in [-0.15, -0.1) is 0 Å². The van der Waals surface area contributed by atoms with Gasteiger partial charge in [-0.2, -0.15) is 0 Å². The number of carbonyl (C=O) groups excluding carboxylic acids is 1. The Morgan fingerprint density at radius 3 is 2.87 bits per heavy atom. The first kappa shape index (κ1) is 15.4. The molecule has 0 saturated carbocycles. The summed E-state index contributed by atoms with van der Waals surface area (Å²) in [5, 5.41) is 0.258. The summed E-state index contributed by atoms with van der Waals surface area (Å²) in [7, 11) is 0. The molecule has 1 aromatic heterocycles. The number of benzene rings is 1. The molecule has 116 valence electrons. The molecule has 0 spiro atoms. The molecule has 1 aliphatic rings. The number of hydrogen-bond donors (Lipinski definition) is 0. The maximum atomic E-state index is 13.2. The third-order valence-corrected chi connectivity index (χ3v) is 3.75. The molecule has 0 saturated heterocycles. The monoisotopic (exact) mass is 330 g/mol. The smallest absolute Gasteiger partial charge is 0.326 e. The van der Waals surface area contributed by atoms with E-state index in [9.17, 15) is 9.18 Å². The molecule has 4 nitrogen and oxygen atoms in total. The molecule has 1 unspecified atom stereocenters. The molecule has 0 aliphatic carbocycles. The van der Waals surface area contributed by atoms with E-state index in [0.29, 0.717) is 23.5 Å². The minimum atomic E-state index is -0.635. The molecule has 1 aliphatic heterocycles. The summed E-state index contributed by atoms with van der Waals surface area (Å²) in [6, 6.07) is 4.13. The van der Waals surface area contributed by atoms with Gasteiger partial charge in [0.25, 0.3) is 0 Å². The maximum Gasteiger partial charge on any atom is 0.326 e. The van der Waals surface area contributed by atoms with E-state index in [4.69, 9.17) is 16.3 Å². The van der Waals surface area contributed by atoms with E-state index in [2.05, 4.69) is 21.8 Å². The summed E-state index contributed by atoms with van der Waals surface area (Å²) in [4.78, 5) is 20.3. The predicted molar refractivity (Wildman–Crippen MR) is 82.6 cm³/mol. The van der Waals surface area contributed by atoms with Gasteiger partial charge >= 0.3 is 5.97 Å². The van der Waals surface area contributed by atoms with Gasteiger partial charge in [0.05, 0.1) is 11.3 Å². The molecule has 0 fully saturated rings. The standard InChI is InChI=1S/C17H12ClFN2O2/c1-9-14(16(18)21-10(2)20-9)6-4-12-7-11-3-5-13(19)8-15(11)23-17(12)22/h3,5,8,12H,7H2,1-2H3. The average molecular weight is 331 g/mol. The molecule has 3 rings (SSSR count). The zero-order valence-corrected chi connectivity index (χ0v) is 13.2. The van der Waals surface area contributed by atoms with Crippen LogP contribution in [-0.2, 0) is 11.2 Å². The average Bonchev–Trinajstić information content (AvgIpc) is 2.46. The van der Waals surface area contributed by atoms with Gasteiger partial charge in [-0.1, -0.05) is 29.5 Å². The van der Waals surface area contributed by atoms with E-state index < -0.39 is 17.7 Å². The molecule has 0 bridgehead atoms. The molecule has 1 aromatic carbocycles. The van der Waals surface area contributed by atoms with Crippen LogP contribution in [0, 0.1) is 37.4 Å². The summed E-state index contributed by atoms with van der Waals surface area (Å²) in [5.41, 5.74) is 1.89. The zero-order valence-electron chi connectivity index (χ0n) is 12.5. The number of aryl methyl sites for hydroxylation is 2. The molecular weight excluding hydrogens is 319 g/mol. The third kappa shape index (κ3) is 3.17. The van der Waals surface area contributed by atoms with Crippen molar-refractivity contribution < 1.29 is 13.9 Å². The van der Waals surface area contributed by atoms with Gasteiger partial charge < -0.3 is 4.74 Å². The van der Waals surface area contributed by atoms with Gasteiger partial charge in [-0.25, -0.2) is 14.4 Å². The van der Waals surface area contributed by atoms with E-state index >= 15 is 0 Å². The first-order valence-electron chi connectivity index (χ1n) is 6.96. The first-order valence-corrected chi connectivity index (χ1v) is 7.34. The van der Waals surface area contributed by atoms with E-state index in [-0.39, 0.29) is 10.9 Å². The Morgan fingerprint density at radius 1 is 1.35 bits per heavy atom. The van der Waals surface area contributed by atoms with Crippen molar-refractivity contribution in [3.63, 3.8) is 0 Å². The van der Waals surface area contributed by atoms with Crippen molar-refractivity contribution in [1.82, 2.24) is 9.97 Å². The van der Waals surface area contributed by atoms with Gasteiger partial charge in [-0.3, -0.25) is 4.79 Å². The summed E-state index contributed by atoms with van der Waals surface area (Å²) in [6.45, 7) is 3.52. The van der Waals surface area contributed by atoms with Crippen LogP contribution < -0.4 is 4.74 Å². The first-order chi connectivity index (χ1) is 10.9. The third-order valence-electron chi connectivity index (χ3n) is 3.48. The summed E-state index contributed by atoms with van der Waals surface area (Å²) in [5.74, 6) is 4.96. The minimum Gasteiger partial charge on any atom is -0.425 e. The van der Waals surface area contributed by atoms with E-state index in [0.717, 1.165) is 5.56 Å². The SMILES string of the molecule is Cc1nc(C)c(C#CC2Cc3ccc(F)cc3OC2=O)c(Cl)n1. The van der Waals surface area contributed by atoms with E-state index in [1.54, 1.807) is 19.9 Å². The zero-order chi connectivity index (χ0) is 16.6. The van der Waals surface area contributed by atoms with Gasteiger partial charge in [0.1, 0.15) is 28.5 Å². The minimum absolute atomic E-state index is 0.251. The molecule has 1 atom stereocenters. The fraction of sp³-hybridized carbons (Fsp3) is 0.235. The Hall–Kier alpha value is -2.45. The van der Waals surface area contributed by atoms with Crippen LogP contribution in [0.25, 0.3) is 0 Å². The highest BCUT2D eigenvalue weighted by molar-refractivity contribution is 6.30. The van der Waals surface area contributed by atoms with Crippen molar-refractivity contribution in [2.24, 2.45) is 5.92 Å². The molecule has 0 amide bonds. The number of hydrogen-bond acceptors (Lipinski definition) is 4. The lowest BCUT2D eigenvalue weighted by Crippen LogP contribution is -2.26. The number of nitrogens with zero attached hydrogens (tertiary/aromatic N) is 2. The Kier molecular flexibility index (Phi) is 4.01. The number of aromatic nitrogens is 2. The second-order valence-electron chi connectivity index (χ2n) is 5.22. The van der Waals surface area contributed by atoms with Crippen LogP contribution in [0.1, 0.15) is 22.6 Å². The second-order valence-corrected chi connectivity index (χ2v) is 5.58. The molecule has 2 aromatic rings. The van der Waals surface area contributed by atoms with Crippen LogP contribution in [0.15, 0.2) is 18.2 Å². The summed E-state index contributed by atoms with van der Waals surface area (Å²) < 4.78 is 18.3. The van der Waals surface area contributed by atoms with Crippen LogP contribution in [0.3, 0.4) is 0 Å². The van der Waals surface area contributed by atoms with Crippen molar-refractivity contribution in [3.8, 4) is 17.6 Å². The van der Waals surface area contributed by atoms with E-state index in [1.165, 1.54) is 12.1 Å². The molecule has 0 radical (unpaired) electrons. The van der Waals surface area contributed by atoms with Gasteiger partial charge in [-0.05, 0) is 25.5 Å². The number of ether oxygens (including phenoxy) is 1. The van der Waals surface area contributed by atoms with Crippen LogP contribution in [0.2, 0.25) is 5.15 Å². The van der Waals surface area contributed by atoms with Crippen molar-refractivity contribution in [1.29, 1.82) is 0 Å². The summed E-state index contributed by atoms with van der Waals surface area (Å²) >= 11 is 6.08. The second kappa shape index (κ2) is 5.98. The number of rotatable bonds is 0. The molecular formula is C17H12ClFN2O2. The molecule has 0 N–H and O–H groups in total. The van der Waals surface area contributed by atoms with Crippen LogP contribution >= 0.6 is 11.6 Å². The van der Waals surface area contributed by atoms with Gasteiger partial charge in [0, 0.05) is 12.5 Å². The number of esters is 1. The number of fused-ring (bicyclic) bond motifs is 1. The lowest BCUT2D eigenvalue weighted by atomic mass is 9.96. The van der Waals surface area contributed by atoms with Gasteiger partial charge in [0.15, 0.2) is 0 Å². The quantitative estimate of drug-likeness (QED) is 0.322. The van der Waals surface area contributed by atoms with E-state index in [1.807, 2.05) is 0 Å². The lowest BCUT2D eigenvalue weighted by molar-refractivity contribution is -0.138. The fourth-order valence-corrected chi connectivity index (χ4v) is 2.66. The molecule has 23 heavy (non-hydrogen) atoms. The van der Waals surface area contributed by atoms with Crippen molar-refractivity contribution in [2.45, 2.75) is 20.3 Å². The maximum absolute atomic E-state index is 13.2. The number of halogens is 2. The highest BCUT2D eigenvalue weighted by atomic mass is 35.5. The van der Waals surface area contributed by atoms with Crippen LogP contribution in [-0.4, -0.2) is 15.9 Å². The predicted octanol–water partition coefficient (Wildman–Crippen LogP) is 3.02. The van der Waals surface area contributed by atoms with Crippen LogP contribution in [0.5, 0.6) is 5.75 Å². The Morgan fingerprint density at radius 2 is 2.13 bits per heavy atom. The summed E-state index contributed by atoms with van der Waals surface area (Å²) in [6.07, 6.45) is 0.366. The van der Waals surface area contributed by atoms with Crippen molar-refractivity contribution in [2.75, 3.05) is 0 Å². The Labute approximate surface area is 137 Å². The topological polar surface area (TPSA) is 52.1 Å². The normalized spacial score (nSPS) is 16.2. The molecule has 6 heteroatoms. The Balaban J connectivity index is 1.91. The highest BCUT2D eigenvalue weighted by Gasteiger charge is 2.27. The highest BCUT2D eigenvalue weighted by Crippen LogP contribution is 2.28. The lowest BCUT2D eigenvalue weighted by Gasteiger charge is -2.19. The molecule has 2 heterocycles. The van der Waals surface area contributed by atoms with Crippen LogP contribution in [0.4, 0.5) is 4.39 Å². The largest absolute Gasteiger partial charge is 0.425 e. The fourth-order valence-electron chi connectivity index (χ4n) is 2.36. The van der Waals surface area contributed by atoms with Crippen molar-refractivity contribution >= 4 is 17.6 Å². The number of carbonyl (C=O) groups is 1.